The first-order valence-electron chi connectivity index (χ1n) is 9.69. The van der Waals surface area contributed by atoms with Gasteiger partial charge in [-0.05, 0) is 42.3 Å². The molecule has 0 saturated heterocycles. The van der Waals surface area contributed by atoms with E-state index in [1.807, 2.05) is 36.4 Å². The molecule has 1 heterocycles. The standard InChI is InChI=1S/C24H20FN3O3/c1-15-11-12-17(13-19(15)25)27-24(30)28-22-21(26-14-16-7-3-2-4-8-16)18-9-5-6-10-20(18)31-23(22)29/h2-13,26H,14H2,1H3,(H2,27,28,30). The van der Waals surface area contributed by atoms with Crippen LogP contribution in [0.5, 0.6) is 0 Å². The van der Waals surface area contributed by atoms with E-state index in [0.717, 1.165) is 5.56 Å². The molecule has 0 unspecified atom stereocenters. The highest BCUT2D eigenvalue weighted by atomic mass is 19.1. The molecule has 4 rings (SSSR count). The number of aryl methyl sites for hydroxylation is 1. The van der Waals surface area contributed by atoms with Crippen molar-refractivity contribution in [1.29, 1.82) is 0 Å². The average molecular weight is 417 g/mol. The molecule has 0 radical (unpaired) electrons. The summed E-state index contributed by atoms with van der Waals surface area (Å²) in [4.78, 5) is 25.2. The van der Waals surface area contributed by atoms with Crippen LogP contribution in [0.4, 0.5) is 26.2 Å². The normalized spacial score (nSPS) is 10.6. The molecule has 6 nitrogen and oxygen atoms in total. The second kappa shape index (κ2) is 8.71. The minimum Gasteiger partial charge on any atom is -0.421 e. The first-order chi connectivity index (χ1) is 15.0. The predicted molar refractivity (Wildman–Crippen MR) is 120 cm³/mol. The Balaban J connectivity index is 1.65. The van der Waals surface area contributed by atoms with Gasteiger partial charge < -0.3 is 15.1 Å². The van der Waals surface area contributed by atoms with Crippen LogP contribution in [-0.4, -0.2) is 6.03 Å². The van der Waals surface area contributed by atoms with Gasteiger partial charge in [-0.25, -0.2) is 14.0 Å². The quantitative estimate of drug-likeness (QED) is 0.375. The monoisotopic (exact) mass is 417 g/mol. The number of amides is 2. The maximum absolute atomic E-state index is 13.8. The van der Waals surface area contributed by atoms with Gasteiger partial charge in [0.25, 0.3) is 0 Å². The number of halogens is 1. The number of hydrogen-bond donors (Lipinski definition) is 3. The van der Waals surface area contributed by atoms with E-state index >= 15 is 0 Å². The lowest BCUT2D eigenvalue weighted by Crippen LogP contribution is -2.24. The summed E-state index contributed by atoms with van der Waals surface area (Å²) < 4.78 is 19.1. The van der Waals surface area contributed by atoms with Gasteiger partial charge in [0.1, 0.15) is 11.4 Å². The number of urea groups is 1. The summed E-state index contributed by atoms with van der Waals surface area (Å²) >= 11 is 0. The van der Waals surface area contributed by atoms with Crippen LogP contribution in [0.3, 0.4) is 0 Å². The molecule has 0 spiro atoms. The van der Waals surface area contributed by atoms with E-state index in [9.17, 15) is 14.0 Å². The predicted octanol–water partition coefficient (Wildman–Crippen LogP) is 5.50. The Morgan fingerprint density at radius 3 is 2.45 bits per heavy atom. The van der Waals surface area contributed by atoms with Crippen molar-refractivity contribution in [2.75, 3.05) is 16.0 Å². The lowest BCUT2D eigenvalue weighted by Gasteiger charge is -2.15. The van der Waals surface area contributed by atoms with Crippen LogP contribution in [0, 0.1) is 12.7 Å². The van der Waals surface area contributed by atoms with Crippen LogP contribution in [-0.2, 0) is 6.54 Å². The third-order valence-electron chi connectivity index (χ3n) is 4.79. The minimum absolute atomic E-state index is 0.0280. The molecule has 156 valence electrons. The molecule has 3 aromatic carbocycles. The number of rotatable bonds is 5. The van der Waals surface area contributed by atoms with Gasteiger partial charge in [0.15, 0.2) is 5.69 Å². The third-order valence-corrected chi connectivity index (χ3v) is 4.79. The Kier molecular flexibility index (Phi) is 5.66. The van der Waals surface area contributed by atoms with E-state index < -0.39 is 17.5 Å². The molecule has 0 saturated carbocycles. The molecule has 3 N–H and O–H groups in total. The SMILES string of the molecule is Cc1ccc(NC(=O)Nc2c(NCc3ccccc3)c3ccccc3oc2=O)cc1F. The summed E-state index contributed by atoms with van der Waals surface area (Å²) in [6.45, 7) is 2.07. The van der Waals surface area contributed by atoms with Crippen LogP contribution >= 0.6 is 0 Å². The lowest BCUT2D eigenvalue weighted by atomic mass is 10.1. The van der Waals surface area contributed by atoms with Gasteiger partial charge in [-0.1, -0.05) is 48.5 Å². The number of hydrogen-bond acceptors (Lipinski definition) is 4. The van der Waals surface area contributed by atoms with Crippen LogP contribution < -0.4 is 21.6 Å². The number of anilines is 3. The Hall–Kier alpha value is -4.13. The van der Waals surface area contributed by atoms with E-state index in [1.165, 1.54) is 6.07 Å². The molecule has 2 amide bonds. The molecule has 0 aliphatic carbocycles. The van der Waals surface area contributed by atoms with E-state index in [-0.39, 0.29) is 11.4 Å². The fourth-order valence-corrected chi connectivity index (χ4v) is 3.18. The third kappa shape index (κ3) is 4.56. The van der Waals surface area contributed by atoms with Crippen LogP contribution in [0.15, 0.2) is 82.0 Å². The van der Waals surface area contributed by atoms with Crippen LogP contribution in [0.25, 0.3) is 11.0 Å². The molecule has 7 heteroatoms. The van der Waals surface area contributed by atoms with Gasteiger partial charge >= 0.3 is 11.7 Å². The Bertz CT molecular complexity index is 1300. The summed E-state index contributed by atoms with van der Waals surface area (Å²) in [5.41, 5.74) is 1.86. The average Bonchev–Trinajstić information content (AvgIpc) is 2.77. The highest BCUT2D eigenvalue weighted by Crippen LogP contribution is 2.29. The van der Waals surface area contributed by atoms with Crippen molar-refractivity contribution in [3.63, 3.8) is 0 Å². The van der Waals surface area contributed by atoms with Gasteiger partial charge in [0.2, 0.25) is 0 Å². The van der Waals surface area contributed by atoms with E-state index in [0.29, 0.717) is 28.8 Å². The van der Waals surface area contributed by atoms with E-state index in [2.05, 4.69) is 16.0 Å². The smallest absolute Gasteiger partial charge is 0.362 e. The molecule has 0 aliphatic rings. The van der Waals surface area contributed by atoms with Crippen molar-refractivity contribution >= 4 is 34.1 Å². The molecular weight excluding hydrogens is 397 g/mol. The molecular formula is C24H20FN3O3. The number of fused-ring (bicyclic) bond motifs is 1. The maximum Gasteiger partial charge on any atom is 0.362 e. The summed E-state index contributed by atoms with van der Waals surface area (Å²) in [5.74, 6) is -0.437. The number of benzene rings is 3. The van der Waals surface area contributed by atoms with Gasteiger partial charge in [0, 0.05) is 17.6 Å². The molecule has 0 bridgehead atoms. The molecule has 0 atom stereocenters. The second-order valence-electron chi connectivity index (χ2n) is 7.02. The molecule has 0 aliphatic heterocycles. The molecule has 4 aromatic rings. The summed E-state index contributed by atoms with van der Waals surface area (Å²) in [6, 6.07) is 20.4. The number of carbonyl (C=O) groups excluding carboxylic acids is 1. The van der Waals surface area contributed by atoms with Gasteiger partial charge in [-0.2, -0.15) is 0 Å². The summed E-state index contributed by atoms with van der Waals surface area (Å²) in [7, 11) is 0. The van der Waals surface area contributed by atoms with Gasteiger partial charge in [-0.15, -0.1) is 0 Å². The summed E-state index contributed by atoms with van der Waals surface area (Å²) in [6.07, 6.45) is 0. The van der Waals surface area contributed by atoms with Crippen molar-refractivity contribution in [3.05, 3.63) is 100 Å². The Labute approximate surface area is 177 Å². The fourth-order valence-electron chi connectivity index (χ4n) is 3.18. The zero-order valence-corrected chi connectivity index (χ0v) is 16.7. The fraction of sp³-hybridized carbons (Fsp3) is 0.0833. The number of nitrogens with one attached hydrogen (secondary N) is 3. The number of para-hydroxylation sites is 1. The van der Waals surface area contributed by atoms with E-state index in [4.69, 9.17) is 4.42 Å². The zero-order valence-electron chi connectivity index (χ0n) is 16.7. The van der Waals surface area contributed by atoms with Gasteiger partial charge in [0.05, 0.1) is 5.69 Å². The summed E-state index contributed by atoms with van der Waals surface area (Å²) in [5, 5.41) is 8.97. The van der Waals surface area contributed by atoms with Crippen LogP contribution in [0.1, 0.15) is 11.1 Å². The van der Waals surface area contributed by atoms with E-state index in [1.54, 1.807) is 37.3 Å². The minimum atomic E-state index is -0.695. The highest BCUT2D eigenvalue weighted by molar-refractivity contribution is 6.05. The molecule has 31 heavy (non-hydrogen) atoms. The molecule has 1 aromatic heterocycles. The first-order valence-corrected chi connectivity index (χ1v) is 9.69. The lowest BCUT2D eigenvalue weighted by molar-refractivity contribution is 0.262. The Morgan fingerprint density at radius 2 is 1.68 bits per heavy atom. The Morgan fingerprint density at radius 1 is 0.935 bits per heavy atom. The maximum atomic E-state index is 13.8. The highest BCUT2D eigenvalue weighted by Gasteiger charge is 2.17. The topological polar surface area (TPSA) is 83.4 Å². The van der Waals surface area contributed by atoms with Crippen molar-refractivity contribution in [1.82, 2.24) is 0 Å². The van der Waals surface area contributed by atoms with Crippen molar-refractivity contribution in [2.24, 2.45) is 0 Å². The number of carbonyl (C=O) groups is 1. The van der Waals surface area contributed by atoms with Crippen molar-refractivity contribution in [3.8, 4) is 0 Å². The van der Waals surface area contributed by atoms with Crippen molar-refractivity contribution in [2.45, 2.75) is 13.5 Å². The van der Waals surface area contributed by atoms with Crippen LogP contribution in [0.2, 0.25) is 0 Å². The van der Waals surface area contributed by atoms with Crippen molar-refractivity contribution < 1.29 is 13.6 Å². The second-order valence-corrected chi connectivity index (χ2v) is 7.02. The molecule has 0 fully saturated rings. The van der Waals surface area contributed by atoms with Gasteiger partial charge in [-0.3, -0.25) is 5.32 Å². The first kappa shape index (κ1) is 20.2. The zero-order chi connectivity index (χ0) is 21.8. The largest absolute Gasteiger partial charge is 0.421 e.